The number of nitrogens with one attached hydrogen (secondary N) is 1. The molecule has 3 atom stereocenters. The lowest BCUT2D eigenvalue weighted by molar-refractivity contribution is -0.177. The summed E-state index contributed by atoms with van der Waals surface area (Å²) in [7, 11) is 1.27. The molecular formula is C22H28N2O8. The first kappa shape index (κ1) is 23.7. The number of carbonyl (C=O) groups excluding carboxylic acids is 4. The van der Waals surface area contributed by atoms with Gasteiger partial charge < -0.3 is 29.5 Å². The van der Waals surface area contributed by atoms with Crippen LogP contribution in [0.4, 0.5) is 11.4 Å². The van der Waals surface area contributed by atoms with Gasteiger partial charge in [0.25, 0.3) is 5.91 Å². The molecule has 1 aromatic rings. The second-order valence-electron chi connectivity index (χ2n) is 8.77. The number of benzene rings is 1. The van der Waals surface area contributed by atoms with E-state index in [2.05, 4.69) is 10.1 Å². The van der Waals surface area contributed by atoms with Gasteiger partial charge in [-0.15, -0.1) is 0 Å². The number of anilines is 2. The summed E-state index contributed by atoms with van der Waals surface area (Å²) in [6.07, 6.45) is -2.81. The highest BCUT2D eigenvalue weighted by Gasteiger charge is 2.41. The molecule has 10 heteroatoms. The molecule has 0 spiro atoms. The minimum absolute atomic E-state index is 0.0181. The zero-order chi connectivity index (χ0) is 23.6. The van der Waals surface area contributed by atoms with Crippen LogP contribution in [0.25, 0.3) is 0 Å². The Morgan fingerprint density at radius 3 is 2.69 bits per heavy atom. The third-order valence-corrected chi connectivity index (χ3v) is 5.20. The Morgan fingerprint density at radius 1 is 1.31 bits per heavy atom. The predicted octanol–water partition coefficient (Wildman–Crippen LogP) is 0.795. The monoisotopic (exact) mass is 448 g/mol. The third kappa shape index (κ3) is 5.25. The summed E-state index contributed by atoms with van der Waals surface area (Å²) in [4.78, 5) is 50.5. The average molecular weight is 448 g/mol. The van der Waals surface area contributed by atoms with Gasteiger partial charge in [-0.2, -0.15) is 0 Å². The van der Waals surface area contributed by atoms with Gasteiger partial charge in [0.1, 0.15) is 5.60 Å². The second kappa shape index (κ2) is 9.25. The molecule has 0 bridgehead atoms. The molecule has 32 heavy (non-hydrogen) atoms. The molecule has 2 N–H and O–H groups in total. The zero-order valence-electron chi connectivity index (χ0n) is 18.5. The van der Waals surface area contributed by atoms with E-state index < -0.39 is 41.6 Å². The lowest BCUT2D eigenvalue weighted by Gasteiger charge is -2.35. The molecule has 2 aliphatic heterocycles. The number of rotatable bonds is 5. The number of hydrogen-bond donors (Lipinski definition) is 2. The van der Waals surface area contributed by atoms with Gasteiger partial charge in [0.05, 0.1) is 26.1 Å². The number of nitrogens with zero attached hydrogens (tertiary/aromatic N) is 1. The fourth-order valence-corrected chi connectivity index (χ4v) is 3.64. The molecule has 3 rings (SSSR count). The molecule has 0 saturated carbocycles. The third-order valence-electron chi connectivity index (χ3n) is 5.20. The molecule has 2 aliphatic rings. The van der Waals surface area contributed by atoms with Crippen molar-refractivity contribution in [2.24, 2.45) is 5.92 Å². The molecular weight excluding hydrogens is 420 g/mol. The molecule has 0 radical (unpaired) electrons. The Morgan fingerprint density at radius 2 is 2.03 bits per heavy atom. The minimum atomic E-state index is -1.76. The smallest absolute Gasteiger partial charge is 0.338 e. The van der Waals surface area contributed by atoms with Gasteiger partial charge in [0.15, 0.2) is 12.2 Å². The summed E-state index contributed by atoms with van der Waals surface area (Å²) < 4.78 is 15.2. The summed E-state index contributed by atoms with van der Waals surface area (Å²) in [6.45, 7) is 5.30. The zero-order valence-corrected chi connectivity index (χ0v) is 18.5. The van der Waals surface area contributed by atoms with Crippen LogP contribution in [0.5, 0.6) is 0 Å². The Kier molecular flexibility index (Phi) is 6.85. The van der Waals surface area contributed by atoms with Crippen LogP contribution in [-0.4, -0.2) is 66.9 Å². The van der Waals surface area contributed by atoms with E-state index in [-0.39, 0.29) is 25.5 Å². The topological polar surface area (TPSA) is 131 Å². The molecule has 10 nitrogen and oxygen atoms in total. The van der Waals surface area contributed by atoms with E-state index in [4.69, 9.17) is 9.47 Å². The van der Waals surface area contributed by atoms with Crippen LogP contribution in [0, 0.1) is 5.92 Å². The number of carbonyl (C=O) groups is 4. The van der Waals surface area contributed by atoms with Crippen LogP contribution in [0.1, 0.15) is 32.8 Å². The molecule has 2 amide bonds. The van der Waals surface area contributed by atoms with Crippen LogP contribution in [0.3, 0.4) is 0 Å². The number of ether oxygens (including phenoxy) is 3. The van der Waals surface area contributed by atoms with Crippen LogP contribution >= 0.6 is 0 Å². The van der Waals surface area contributed by atoms with Crippen molar-refractivity contribution in [3.05, 3.63) is 23.8 Å². The van der Waals surface area contributed by atoms with Crippen molar-refractivity contribution in [3.8, 4) is 0 Å². The highest BCUT2D eigenvalue weighted by atomic mass is 16.6. The number of hydrogen-bond acceptors (Lipinski definition) is 8. The van der Waals surface area contributed by atoms with Crippen molar-refractivity contribution in [2.45, 2.75) is 51.4 Å². The number of amides is 2. The first-order valence-electron chi connectivity index (χ1n) is 10.3. The Bertz CT molecular complexity index is 923. The fourth-order valence-electron chi connectivity index (χ4n) is 3.64. The number of morpholine rings is 1. The van der Waals surface area contributed by atoms with Gasteiger partial charge in [-0.05, 0) is 44.9 Å². The summed E-state index contributed by atoms with van der Waals surface area (Å²) in [5.74, 6) is -2.81. The van der Waals surface area contributed by atoms with E-state index in [0.29, 0.717) is 17.8 Å². The summed E-state index contributed by atoms with van der Waals surface area (Å²) in [6, 6.07) is 5.14. The van der Waals surface area contributed by atoms with E-state index in [1.807, 2.05) is 0 Å². The molecule has 0 aliphatic carbocycles. The highest BCUT2D eigenvalue weighted by Crippen LogP contribution is 2.32. The molecule has 1 unspecified atom stereocenters. The molecule has 174 valence electrons. The first-order chi connectivity index (χ1) is 15.0. The number of aliphatic hydroxyl groups is 1. The molecule has 2 heterocycles. The van der Waals surface area contributed by atoms with E-state index in [1.54, 1.807) is 39.0 Å². The summed E-state index contributed by atoms with van der Waals surface area (Å²) >= 11 is 0. The average Bonchev–Trinajstić information content (AvgIpc) is 2.72. The molecule has 1 saturated heterocycles. The van der Waals surface area contributed by atoms with Gasteiger partial charge in [0, 0.05) is 17.9 Å². The largest absolute Gasteiger partial charge is 0.469 e. The van der Waals surface area contributed by atoms with Crippen molar-refractivity contribution in [1.29, 1.82) is 0 Å². The van der Waals surface area contributed by atoms with E-state index in [1.165, 1.54) is 12.0 Å². The SMILES string of the molecule is COC(=O)CC1Cc2ccc(N3CCO[C@H]([C@@H](O)C(=O)OC(C)(C)C)C3=O)cc2NC1=O. The van der Waals surface area contributed by atoms with Crippen molar-refractivity contribution < 1.29 is 38.5 Å². The van der Waals surface area contributed by atoms with Gasteiger partial charge in [-0.3, -0.25) is 14.4 Å². The van der Waals surface area contributed by atoms with Gasteiger partial charge in [-0.25, -0.2) is 4.79 Å². The first-order valence-corrected chi connectivity index (χ1v) is 10.3. The van der Waals surface area contributed by atoms with Gasteiger partial charge in [-0.1, -0.05) is 6.07 Å². The maximum Gasteiger partial charge on any atom is 0.338 e. The number of methoxy groups -OCH3 is 1. The van der Waals surface area contributed by atoms with Crippen LogP contribution in [-0.2, 0) is 39.8 Å². The lowest BCUT2D eigenvalue weighted by atomic mass is 9.90. The van der Waals surface area contributed by atoms with Crippen molar-refractivity contribution in [2.75, 3.05) is 30.5 Å². The lowest BCUT2D eigenvalue weighted by Crippen LogP contribution is -2.55. The number of fused-ring (bicyclic) bond motifs is 1. The fraction of sp³-hybridized carbons (Fsp3) is 0.545. The Hall–Kier alpha value is -2.98. The van der Waals surface area contributed by atoms with E-state index in [0.717, 1.165) is 5.56 Å². The Balaban J connectivity index is 1.75. The minimum Gasteiger partial charge on any atom is -0.469 e. The van der Waals surface area contributed by atoms with Crippen LogP contribution in [0.2, 0.25) is 0 Å². The maximum atomic E-state index is 13.0. The summed E-state index contributed by atoms with van der Waals surface area (Å²) in [5, 5.41) is 13.1. The van der Waals surface area contributed by atoms with Crippen molar-refractivity contribution in [3.63, 3.8) is 0 Å². The van der Waals surface area contributed by atoms with Crippen molar-refractivity contribution >= 4 is 35.1 Å². The van der Waals surface area contributed by atoms with Crippen molar-refractivity contribution in [1.82, 2.24) is 0 Å². The Labute approximate surface area is 185 Å². The second-order valence-corrected chi connectivity index (χ2v) is 8.77. The van der Waals surface area contributed by atoms with E-state index in [9.17, 15) is 24.3 Å². The highest BCUT2D eigenvalue weighted by molar-refractivity contribution is 6.02. The van der Waals surface area contributed by atoms with Crippen LogP contribution < -0.4 is 10.2 Å². The van der Waals surface area contributed by atoms with Gasteiger partial charge in [0.2, 0.25) is 5.91 Å². The number of aliphatic hydroxyl groups excluding tert-OH is 1. The predicted molar refractivity (Wildman–Crippen MR) is 113 cm³/mol. The standard InChI is InChI=1S/C22H28N2O8/c1-22(2,3)32-21(29)17(26)18-20(28)24(7-8-31-18)14-6-5-12-9-13(10-16(25)30-4)19(27)23-15(12)11-14/h5-6,11,13,17-18,26H,7-10H2,1-4H3,(H,23,27)/t13?,17-,18-/m1/s1. The molecule has 1 fully saturated rings. The molecule has 0 aromatic heterocycles. The number of esters is 2. The summed E-state index contributed by atoms with van der Waals surface area (Å²) in [5.41, 5.74) is 1.04. The van der Waals surface area contributed by atoms with E-state index >= 15 is 0 Å². The van der Waals surface area contributed by atoms with Gasteiger partial charge >= 0.3 is 11.9 Å². The van der Waals surface area contributed by atoms with Crippen LogP contribution in [0.15, 0.2) is 18.2 Å². The molecule has 1 aromatic carbocycles. The normalized spacial score (nSPS) is 22.0. The maximum absolute atomic E-state index is 13.0. The quantitative estimate of drug-likeness (QED) is 0.632.